The molecule has 0 bridgehead atoms. The summed E-state index contributed by atoms with van der Waals surface area (Å²) in [6.45, 7) is 1.89. The first-order valence-electron chi connectivity index (χ1n) is 4.52. The smallest absolute Gasteiger partial charge is 0.254 e. The quantitative estimate of drug-likeness (QED) is 0.727. The predicted octanol–water partition coefficient (Wildman–Crippen LogP) is 0.834. The third kappa shape index (κ3) is 3.30. The minimum atomic E-state index is -0.545. The molecule has 1 amide bonds. The molecule has 1 rings (SSSR count). The van der Waals surface area contributed by atoms with Gasteiger partial charge in [-0.05, 0) is 19.1 Å². The van der Waals surface area contributed by atoms with Crippen LogP contribution in [0.4, 0.5) is 4.39 Å². The highest BCUT2D eigenvalue weighted by molar-refractivity contribution is 5.94. The molecular weight excluding hydrogens is 199 g/mol. The zero-order valence-electron chi connectivity index (χ0n) is 8.37. The van der Waals surface area contributed by atoms with Crippen LogP contribution in [-0.2, 0) is 4.84 Å². The number of carbonyl (C=O) groups excluding carboxylic acids is 1. The van der Waals surface area contributed by atoms with E-state index in [1.165, 1.54) is 18.2 Å². The van der Waals surface area contributed by atoms with E-state index < -0.39 is 11.7 Å². The van der Waals surface area contributed by atoms with E-state index >= 15 is 0 Å². The molecule has 0 aliphatic rings. The molecule has 3 N–H and O–H groups in total. The Morgan fingerprint density at radius 3 is 2.87 bits per heavy atom. The summed E-state index contributed by atoms with van der Waals surface area (Å²) in [4.78, 5) is 15.9. The SMILES string of the molecule is CC(CON)NC(=O)c1ccccc1F. The molecule has 0 spiro atoms. The van der Waals surface area contributed by atoms with Gasteiger partial charge >= 0.3 is 0 Å². The van der Waals surface area contributed by atoms with Crippen molar-refractivity contribution in [2.75, 3.05) is 6.61 Å². The van der Waals surface area contributed by atoms with Crippen molar-refractivity contribution >= 4 is 5.91 Å². The molecule has 0 aliphatic carbocycles. The lowest BCUT2D eigenvalue weighted by Gasteiger charge is -2.12. The summed E-state index contributed by atoms with van der Waals surface area (Å²) >= 11 is 0. The van der Waals surface area contributed by atoms with Crippen molar-refractivity contribution in [3.8, 4) is 0 Å². The maximum atomic E-state index is 13.2. The van der Waals surface area contributed by atoms with Crippen molar-refractivity contribution in [2.45, 2.75) is 13.0 Å². The maximum Gasteiger partial charge on any atom is 0.254 e. The summed E-state index contributed by atoms with van der Waals surface area (Å²) < 4.78 is 13.2. The van der Waals surface area contributed by atoms with Crippen LogP contribution in [0.25, 0.3) is 0 Å². The van der Waals surface area contributed by atoms with Crippen molar-refractivity contribution < 1.29 is 14.0 Å². The van der Waals surface area contributed by atoms with Gasteiger partial charge in [0.15, 0.2) is 0 Å². The number of carbonyl (C=O) groups is 1. The number of benzene rings is 1. The second kappa shape index (κ2) is 5.43. The first-order chi connectivity index (χ1) is 7.15. The monoisotopic (exact) mass is 212 g/mol. The number of halogens is 1. The van der Waals surface area contributed by atoms with Crippen LogP contribution in [0.3, 0.4) is 0 Å². The molecule has 0 saturated heterocycles. The fourth-order valence-electron chi connectivity index (χ4n) is 1.13. The molecule has 5 heteroatoms. The minimum absolute atomic E-state index is 0.0152. The summed E-state index contributed by atoms with van der Waals surface area (Å²) in [5, 5.41) is 2.55. The van der Waals surface area contributed by atoms with E-state index in [-0.39, 0.29) is 18.2 Å². The Labute approximate surface area is 87.2 Å². The highest BCUT2D eigenvalue weighted by Crippen LogP contribution is 2.06. The van der Waals surface area contributed by atoms with Crippen molar-refractivity contribution in [3.63, 3.8) is 0 Å². The van der Waals surface area contributed by atoms with Crippen LogP contribution in [0.15, 0.2) is 24.3 Å². The van der Waals surface area contributed by atoms with Gasteiger partial charge in [0.1, 0.15) is 5.82 Å². The van der Waals surface area contributed by atoms with Gasteiger partial charge in [-0.15, -0.1) is 0 Å². The molecule has 0 radical (unpaired) electrons. The maximum absolute atomic E-state index is 13.2. The normalized spacial score (nSPS) is 12.2. The number of rotatable bonds is 4. The van der Waals surface area contributed by atoms with Gasteiger partial charge in [0, 0.05) is 0 Å². The van der Waals surface area contributed by atoms with E-state index in [1.807, 2.05) is 0 Å². The van der Waals surface area contributed by atoms with E-state index in [0.717, 1.165) is 0 Å². The molecular formula is C10H13FN2O2. The fraction of sp³-hybridized carbons (Fsp3) is 0.300. The molecule has 1 aromatic rings. The highest BCUT2D eigenvalue weighted by Gasteiger charge is 2.12. The zero-order chi connectivity index (χ0) is 11.3. The summed E-state index contributed by atoms with van der Waals surface area (Å²) in [5.41, 5.74) is 0.0152. The molecule has 0 saturated carbocycles. The molecule has 15 heavy (non-hydrogen) atoms. The highest BCUT2D eigenvalue weighted by atomic mass is 19.1. The van der Waals surface area contributed by atoms with Gasteiger partial charge in [-0.25, -0.2) is 10.3 Å². The average Bonchev–Trinajstić information content (AvgIpc) is 2.18. The molecule has 0 aromatic heterocycles. The molecule has 0 heterocycles. The number of hydrogen-bond donors (Lipinski definition) is 2. The zero-order valence-corrected chi connectivity index (χ0v) is 8.37. The third-order valence-electron chi connectivity index (χ3n) is 1.84. The Kier molecular flexibility index (Phi) is 4.20. The topological polar surface area (TPSA) is 64.3 Å². The lowest BCUT2D eigenvalue weighted by atomic mass is 10.2. The average molecular weight is 212 g/mol. The van der Waals surface area contributed by atoms with Crippen molar-refractivity contribution in [1.82, 2.24) is 5.32 Å². The largest absolute Gasteiger partial charge is 0.347 e. The Bertz CT molecular complexity index is 344. The van der Waals surface area contributed by atoms with Gasteiger partial charge in [0.25, 0.3) is 5.91 Å². The minimum Gasteiger partial charge on any atom is -0.347 e. The number of nitrogens with one attached hydrogen (secondary N) is 1. The molecule has 0 aliphatic heterocycles. The van der Waals surface area contributed by atoms with Crippen LogP contribution >= 0.6 is 0 Å². The van der Waals surface area contributed by atoms with Crippen LogP contribution in [0, 0.1) is 5.82 Å². The van der Waals surface area contributed by atoms with E-state index in [1.54, 1.807) is 13.0 Å². The van der Waals surface area contributed by atoms with Crippen LogP contribution in [0.1, 0.15) is 17.3 Å². The summed E-state index contributed by atoms with van der Waals surface area (Å²) in [6.07, 6.45) is 0. The Hall–Kier alpha value is -1.46. The number of amides is 1. The Morgan fingerprint density at radius 2 is 2.27 bits per heavy atom. The Balaban J connectivity index is 2.65. The van der Waals surface area contributed by atoms with E-state index in [9.17, 15) is 9.18 Å². The third-order valence-corrected chi connectivity index (χ3v) is 1.84. The van der Waals surface area contributed by atoms with Gasteiger partial charge in [0.2, 0.25) is 0 Å². The second-order valence-electron chi connectivity index (χ2n) is 3.19. The molecule has 82 valence electrons. The lowest BCUT2D eigenvalue weighted by molar-refractivity contribution is 0.0854. The first-order valence-corrected chi connectivity index (χ1v) is 4.52. The van der Waals surface area contributed by atoms with Crippen LogP contribution in [0.2, 0.25) is 0 Å². The van der Waals surface area contributed by atoms with Crippen molar-refractivity contribution in [1.29, 1.82) is 0 Å². The second-order valence-corrected chi connectivity index (χ2v) is 3.19. The lowest BCUT2D eigenvalue weighted by Crippen LogP contribution is -2.37. The van der Waals surface area contributed by atoms with Crippen LogP contribution < -0.4 is 11.2 Å². The van der Waals surface area contributed by atoms with Crippen LogP contribution in [0.5, 0.6) is 0 Å². The van der Waals surface area contributed by atoms with Gasteiger partial charge in [-0.2, -0.15) is 0 Å². The van der Waals surface area contributed by atoms with E-state index in [2.05, 4.69) is 10.2 Å². The first kappa shape index (κ1) is 11.6. The summed E-state index contributed by atoms with van der Waals surface area (Å²) in [5.74, 6) is 3.83. The predicted molar refractivity (Wildman–Crippen MR) is 53.5 cm³/mol. The number of nitrogens with two attached hydrogens (primary N) is 1. The fourth-order valence-corrected chi connectivity index (χ4v) is 1.13. The van der Waals surface area contributed by atoms with Gasteiger partial charge in [0.05, 0.1) is 18.2 Å². The molecule has 1 atom stereocenters. The van der Waals surface area contributed by atoms with Gasteiger partial charge < -0.3 is 10.2 Å². The standard InChI is InChI=1S/C10H13FN2O2/c1-7(6-15-12)13-10(14)8-4-2-3-5-9(8)11/h2-5,7H,6,12H2,1H3,(H,13,14). The van der Waals surface area contributed by atoms with Crippen molar-refractivity contribution in [3.05, 3.63) is 35.6 Å². The molecule has 0 fully saturated rings. The Morgan fingerprint density at radius 1 is 1.60 bits per heavy atom. The van der Waals surface area contributed by atoms with Gasteiger partial charge in [-0.1, -0.05) is 12.1 Å². The summed E-state index contributed by atoms with van der Waals surface area (Å²) in [7, 11) is 0. The van der Waals surface area contributed by atoms with Crippen molar-refractivity contribution in [2.24, 2.45) is 5.90 Å². The molecule has 1 unspecified atom stereocenters. The van der Waals surface area contributed by atoms with Gasteiger partial charge in [-0.3, -0.25) is 4.79 Å². The van der Waals surface area contributed by atoms with Crippen LogP contribution in [-0.4, -0.2) is 18.6 Å². The molecule has 1 aromatic carbocycles. The van der Waals surface area contributed by atoms with E-state index in [4.69, 9.17) is 5.90 Å². The number of hydrogen-bond acceptors (Lipinski definition) is 3. The summed E-state index contributed by atoms with van der Waals surface area (Å²) in [6, 6.07) is 5.52. The molecule has 4 nitrogen and oxygen atoms in total. The van der Waals surface area contributed by atoms with E-state index in [0.29, 0.717) is 0 Å².